The molecule has 8 heteroatoms. The van der Waals surface area contributed by atoms with Crippen molar-refractivity contribution in [1.82, 2.24) is 20.3 Å². The third-order valence-electron chi connectivity index (χ3n) is 3.94. The molecule has 136 valence electrons. The summed E-state index contributed by atoms with van der Waals surface area (Å²) in [4.78, 5) is 12.2. The van der Waals surface area contributed by atoms with Crippen LogP contribution in [0.5, 0.6) is 0 Å². The predicted molar refractivity (Wildman–Crippen MR) is 90.3 cm³/mol. The number of nitrogens with one attached hydrogen (secondary N) is 1. The van der Waals surface area contributed by atoms with Gasteiger partial charge in [-0.2, -0.15) is 13.2 Å². The normalized spacial score (nSPS) is 12.9. The van der Waals surface area contributed by atoms with Gasteiger partial charge in [0, 0.05) is 6.04 Å². The maximum absolute atomic E-state index is 12.6. The number of amides is 1. The van der Waals surface area contributed by atoms with Gasteiger partial charge in [-0.3, -0.25) is 4.79 Å². The van der Waals surface area contributed by atoms with Gasteiger partial charge in [0.25, 0.3) is 0 Å². The highest BCUT2D eigenvalue weighted by molar-refractivity contribution is 5.79. The first-order chi connectivity index (χ1) is 12.3. The number of nitrogens with zero attached hydrogens (tertiary/aromatic N) is 3. The maximum Gasteiger partial charge on any atom is 0.416 e. The molecule has 0 aliphatic carbocycles. The first-order valence-electron chi connectivity index (χ1n) is 8.06. The van der Waals surface area contributed by atoms with E-state index in [1.54, 1.807) is 6.92 Å². The first kappa shape index (κ1) is 17.9. The van der Waals surface area contributed by atoms with E-state index < -0.39 is 11.7 Å². The molecule has 0 aliphatic heterocycles. The summed E-state index contributed by atoms with van der Waals surface area (Å²) in [6.45, 7) is 1.83. The average Bonchev–Trinajstić information content (AvgIpc) is 2.97. The van der Waals surface area contributed by atoms with Gasteiger partial charge in [0.05, 0.1) is 11.1 Å². The highest BCUT2D eigenvalue weighted by atomic mass is 19.4. The van der Waals surface area contributed by atoms with Gasteiger partial charge < -0.3 is 5.32 Å². The number of benzene rings is 2. The van der Waals surface area contributed by atoms with E-state index >= 15 is 0 Å². The highest BCUT2D eigenvalue weighted by Gasteiger charge is 2.29. The lowest BCUT2D eigenvalue weighted by Gasteiger charge is -2.15. The van der Waals surface area contributed by atoms with Gasteiger partial charge in [0.15, 0.2) is 0 Å². The lowest BCUT2D eigenvalue weighted by Crippen LogP contribution is -2.36. The molecule has 1 N–H and O–H groups in total. The van der Waals surface area contributed by atoms with Crippen molar-refractivity contribution in [2.45, 2.75) is 32.1 Å². The van der Waals surface area contributed by atoms with Crippen molar-refractivity contribution in [2.75, 3.05) is 0 Å². The van der Waals surface area contributed by atoms with E-state index in [1.807, 2.05) is 24.3 Å². The average molecular weight is 362 g/mol. The number of halogens is 3. The number of alkyl halides is 3. The van der Waals surface area contributed by atoms with E-state index in [4.69, 9.17) is 0 Å². The van der Waals surface area contributed by atoms with Gasteiger partial charge >= 0.3 is 6.18 Å². The molecule has 3 rings (SSSR count). The highest BCUT2D eigenvalue weighted by Crippen LogP contribution is 2.29. The van der Waals surface area contributed by atoms with Crippen molar-refractivity contribution in [2.24, 2.45) is 0 Å². The molecule has 0 radical (unpaired) electrons. The third kappa shape index (κ3) is 4.19. The maximum atomic E-state index is 12.6. The largest absolute Gasteiger partial charge is 0.416 e. The molecule has 0 saturated carbocycles. The van der Waals surface area contributed by atoms with E-state index in [0.29, 0.717) is 11.9 Å². The number of para-hydroxylation sites is 1. The number of aromatic nitrogens is 3. The molecule has 5 nitrogen and oxygen atoms in total. The Labute approximate surface area is 147 Å². The number of rotatable bonds is 5. The van der Waals surface area contributed by atoms with Gasteiger partial charge in [-0.25, -0.2) is 4.68 Å². The Morgan fingerprint density at radius 3 is 2.54 bits per heavy atom. The summed E-state index contributed by atoms with van der Waals surface area (Å²) in [6, 6.07) is 12.0. The van der Waals surface area contributed by atoms with Crippen LogP contribution in [0, 0.1) is 0 Å². The second kappa shape index (κ2) is 7.15. The van der Waals surface area contributed by atoms with E-state index in [-0.39, 0.29) is 18.5 Å². The lowest BCUT2D eigenvalue weighted by atomic mass is 10.0. The van der Waals surface area contributed by atoms with Crippen molar-refractivity contribution in [1.29, 1.82) is 0 Å². The molecule has 2 aromatic carbocycles. The number of hydrogen-bond donors (Lipinski definition) is 1. The molecule has 1 heterocycles. The fraction of sp³-hybridized carbons (Fsp3) is 0.278. The second-order valence-electron chi connectivity index (χ2n) is 6.10. The minimum Gasteiger partial charge on any atom is -0.352 e. The van der Waals surface area contributed by atoms with Crippen LogP contribution in [-0.4, -0.2) is 26.9 Å². The number of fused-ring (bicyclic) bond motifs is 1. The molecule has 26 heavy (non-hydrogen) atoms. The topological polar surface area (TPSA) is 59.8 Å². The number of hydrogen-bond acceptors (Lipinski definition) is 3. The molecule has 1 unspecified atom stereocenters. The lowest BCUT2D eigenvalue weighted by molar-refractivity contribution is -0.137. The van der Waals surface area contributed by atoms with Crippen LogP contribution in [0.1, 0.15) is 18.1 Å². The van der Waals surface area contributed by atoms with Gasteiger partial charge in [0.2, 0.25) is 5.91 Å². The van der Waals surface area contributed by atoms with E-state index in [1.165, 1.54) is 16.8 Å². The minimum absolute atomic E-state index is 0.0257. The van der Waals surface area contributed by atoms with Crippen LogP contribution in [-0.2, 0) is 23.9 Å². The molecular formula is C18H17F3N4O. The first-order valence-corrected chi connectivity index (χ1v) is 8.06. The predicted octanol–water partition coefficient (Wildman–Crippen LogP) is 3.20. The zero-order chi connectivity index (χ0) is 18.7. The Balaban J connectivity index is 1.57. The summed E-state index contributed by atoms with van der Waals surface area (Å²) in [5.41, 5.74) is 1.50. The van der Waals surface area contributed by atoms with Crippen LogP contribution < -0.4 is 5.32 Å². The summed E-state index contributed by atoms with van der Waals surface area (Å²) < 4.78 is 39.2. The molecular weight excluding hydrogens is 345 g/mol. The fourth-order valence-corrected chi connectivity index (χ4v) is 2.73. The Morgan fingerprint density at radius 1 is 1.15 bits per heavy atom. The van der Waals surface area contributed by atoms with E-state index in [9.17, 15) is 18.0 Å². The molecule has 0 fully saturated rings. The standard InChI is InChI=1S/C18H17F3N4O/c1-12(10-13-6-8-14(9-7-13)18(19,20)21)22-17(26)11-25-16-5-3-2-4-15(16)23-24-25/h2-9,12H,10-11H2,1H3,(H,22,26). The molecule has 0 bridgehead atoms. The summed E-state index contributed by atoms with van der Waals surface area (Å²) >= 11 is 0. The molecule has 1 aromatic heterocycles. The van der Waals surface area contributed by atoms with Crippen LogP contribution >= 0.6 is 0 Å². The Bertz CT molecular complexity index is 903. The second-order valence-corrected chi connectivity index (χ2v) is 6.10. The van der Waals surface area contributed by atoms with Crippen molar-refractivity contribution >= 4 is 16.9 Å². The van der Waals surface area contributed by atoms with Crippen LogP contribution in [0.2, 0.25) is 0 Å². The molecule has 0 saturated heterocycles. The van der Waals surface area contributed by atoms with Crippen LogP contribution in [0.3, 0.4) is 0 Å². The Hall–Kier alpha value is -2.90. The van der Waals surface area contributed by atoms with Gasteiger partial charge in [-0.15, -0.1) is 5.10 Å². The van der Waals surface area contributed by atoms with Gasteiger partial charge in [0.1, 0.15) is 12.1 Å². The van der Waals surface area contributed by atoms with Crippen molar-refractivity contribution in [3.63, 3.8) is 0 Å². The third-order valence-corrected chi connectivity index (χ3v) is 3.94. The smallest absolute Gasteiger partial charge is 0.352 e. The summed E-state index contributed by atoms with van der Waals surface area (Å²) in [6.07, 6.45) is -3.92. The van der Waals surface area contributed by atoms with Crippen LogP contribution in [0.15, 0.2) is 48.5 Å². The van der Waals surface area contributed by atoms with E-state index in [0.717, 1.165) is 23.2 Å². The van der Waals surface area contributed by atoms with Gasteiger partial charge in [-0.1, -0.05) is 29.5 Å². The van der Waals surface area contributed by atoms with Crippen LogP contribution in [0.4, 0.5) is 13.2 Å². The molecule has 0 aliphatic rings. The zero-order valence-corrected chi connectivity index (χ0v) is 14.0. The van der Waals surface area contributed by atoms with Crippen molar-refractivity contribution < 1.29 is 18.0 Å². The SMILES string of the molecule is CC(Cc1ccc(C(F)(F)F)cc1)NC(=O)Cn1nnc2ccccc21. The fourth-order valence-electron chi connectivity index (χ4n) is 2.73. The molecule has 1 atom stereocenters. The Kier molecular flexibility index (Phi) is 4.92. The van der Waals surface area contributed by atoms with Crippen molar-refractivity contribution in [3.05, 3.63) is 59.7 Å². The molecule has 1 amide bonds. The minimum atomic E-state index is -4.35. The monoisotopic (exact) mass is 362 g/mol. The van der Waals surface area contributed by atoms with Crippen molar-refractivity contribution in [3.8, 4) is 0 Å². The number of carbonyl (C=O) groups is 1. The molecule has 0 spiro atoms. The molecule has 3 aromatic rings. The Morgan fingerprint density at radius 2 is 1.85 bits per heavy atom. The quantitative estimate of drug-likeness (QED) is 0.758. The van der Waals surface area contributed by atoms with E-state index in [2.05, 4.69) is 15.6 Å². The summed E-state index contributed by atoms with van der Waals surface area (Å²) in [7, 11) is 0. The van der Waals surface area contributed by atoms with Crippen LogP contribution in [0.25, 0.3) is 11.0 Å². The number of carbonyl (C=O) groups excluding carboxylic acids is 1. The van der Waals surface area contributed by atoms with Gasteiger partial charge in [-0.05, 0) is 43.2 Å². The summed E-state index contributed by atoms with van der Waals surface area (Å²) in [5.74, 6) is -0.236. The zero-order valence-electron chi connectivity index (χ0n) is 14.0. The summed E-state index contributed by atoms with van der Waals surface area (Å²) in [5, 5.41) is 10.8.